The molecule has 0 unspecified atom stereocenters. The van der Waals surface area contributed by atoms with E-state index in [0.717, 1.165) is 42.9 Å². The van der Waals surface area contributed by atoms with Crippen molar-refractivity contribution >= 4 is 57.3 Å². The van der Waals surface area contributed by atoms with E-state index in [-0.39, 0.29) is 22.9 Å². The van der Waals surface area contributed by atoms with E-state index in [9.17, 15) is 17.8 Å². The molecule has 0 aliphatic heterocycles. The zero-order valence-electron chi connectivity index (χ0n) is 32.0. The molecule has 0 radical (unpaired) electrons. The van der Waals surface area contributed by atoms with Gasteiger partial charge in [0.05, 0.1) is 37.9 Å². The van der Waals surface area contributed by atoms with E-state index in [1.165, 1.54) is 35.0 Å². The smallest absolute Gasteiger partial charge is 0.302 e. The van der Waals surface area contributed by atoms with E-state index in [1.54, 1.807) is 26.0 Å². The van der Waals surface area contributed by atoms with Gasteiger partial charge in [-0.05, 0) is 75.7 Å². The zero-order valence-corrected chi connectivity index (χ0v) is 34.5. The van der Waals surface area contributed by atoms with Crippen LogP contribution in [-0.2, 0) is 33.8 Å². The number of carboxylic acids is 1. The van der Waals surface area contributed by atoms with E-state index in [2.05, 4.69) is 105 Å². The van der Waals surface area contributed by atoms with Gasteiger partial charge in [0.25, 0.3) is 5.97 Å². The van der Waals surface area contributed by atoms with Crippen molar-refractivity contribution in [3.8, 4) is 0 Å². The number of aliphatic carboxylic acids is 1. The van der Waals surface area contributed by atoms with E-state index in [4.69, 9.17) is 20.3 Å². The van der Waals surface area contributed by atoms with Crippen molar-refractivity contribution in [2.75, 3.05) is 25.1 Å². The number of hydrogen-bond acceptors (Lipinski definition) is 11. The van der Waals surface area contributed by atoms with Gasteiger partial charge in [0.15, 0.2) is 0 Å². The summed E-state index contributed by atoms with van der Waals surface area (Å²) in [6.07, 6.45) is 3.97. The largest absolute Gasteiger partial charge is 0.744 e. The Morgan fingerprint density at radius 3 is 1.41 bits per heavy atom. The van der Waals surface area contributed by atoms with Crippen LogP contribution in [0.4, 0.5) is 0 Å². The summed E-state index contributed by atoms with van der Waals surface area (Å²) >= 11 is 1.13. The van der Waals surface area contributed by atoms with Gasteiger partial charge >= 0.3 is 5.97 Å². The maximum atomic E-state index is 10.4. The van der Waals surface area contributed by atoms with Gasteiger partial charge in [-0.2, -0.15) is 0 Å². The summed E-state index contributed by atoms with van der Waals surface area (Å²) in [6, 6.07) is 38.2. The average molecular weight is 812 g/mol. The number of benzene rings is 4. The predicted molar refractivity (Wildman–Crippen MR) is 219 cm³/mol. The molecule has 12 nitrogen and oxygen atoms in total. The second-order valence-corrected chi connectivity index (χ2v) is 16.2. The molecule has 0 aliphatic rings. The predicted octanol–water partition coefficient (Wildman–Crippen LogP) is 6.40. The van der Waals surface area contributed by atoms with Crippen molar-refractivity contribution in [2.45, 2.75) is 59.8 Å². The Hall–Kier alpha value is -3.82. The molecule has 0 aromatic heterocycles. The van der Waals surface area contributed by atoms with Crippen molar-refractivity contribution in [2.24, 2.45) is 0 Å². The quantitative estimate of drug-likeness (QED) is 0.0219. The molecule has 4 rings (SSSR count). The number of aryl methyl sites for hydroxylation is 1. The highest BCUT2D eigenvalue weighted by Gasteiger charge is 2.44. The first kappa shape index (κ1) is 54.5. The number of carbonyl (C=O) groups excluding carboxylic acids is 1. The molecule has 15 heteroatoms. The van der Waals surface area contributed by atoms with Crippen LogP contribution in [0.3, 0.4) is 0 Å². The lowest BCUT2D eigenvalue weighted by molar-refractivity contribution is -0.432. The lowest BCUT2D eigenvalue weighted by Gasteiger charge is -2.27. The minimum absolute atomic E-state index is 0. The molecule has 0 saturated heterocycles. The third kappa shape index (κ3) is 25.2. The fraction of sp³-hybridized carbons (Fsp3) is 0.308. The Morgan fingerprint density at radius 1 is 0.796 bits per heavy atom. The lowest BCUT2D eigenvalue weighted by Crippen LogP contribution is -2.33. The first-order valence-electron chi connectivity index (χ1n) is 16.6. The molecule has 0 heterocycles. The van der Waals surface area contributed by atoms with Gasteiger partial charge in [-0.15, -0.1) is 4.33 Å². The second-order valence-electron chi connectivity index (χ2n) is 10.5. The van der Waals surface area contributed by atoms with Crippen molar-refractivity contribution in [3.05, 3.63) is 127 Å². The minimum atomic E-state index is -4.27. The molecular formula is C39H56O12PS2+. The molecule has 0 aliphatic carbocycles. The van der Waals surface area contributed by atoms with Crippen LogP contribution in [0, 0.1) is 13.3 Å². The maximum absolute atomic E-state index is 10.4. The monoisotopic (exact) mass is 811 g/mol. The third-order valence-corrected chi connectivity index (χ3v) is 12.0. The average Bonchev–Trinajstić information content (AvgIpc) is 3.12. The number of aliphatic hydroxyl groups is 1. The molecule has 0 bridgehead atoms. The number of esters is 1. The van der Waals surface area contributed by atoms with Gasteiger partial charge in [0.1, 0.15) is 33.3 Å². The number of ether oxygens (including phenoxy) is 1. The van der Waals surface area contributed by atoms with Crippen LogP contribution in [-0.4, -0.2) is 71.0 Å². The van der Waals surface area contributed by atoms with Gasteiger partial charge in [-0.25, -0.2) is 13.7 Å². The van der Waals surface area contributed by atoms with Crippen LogP contribution >= 0.6 is 19.3 Å². The second kappa shape index (κ2) is 33.7. The number of carboxylic acid groups (broad SMARTS) is 1. The maximum Gasteiger partial charge on any atom is 0.302 e. The minimum Gasteiger partial charge on any atom is -0.744 e. The summed E-state index contributed by atoms with van der Waals surface area (Å²) in [5, 5.41) is 31.1. The lowest BCUT2D eigenvalue weighted by atomic mass is 10.2. The highest BCUT2D eigenvalue weighted by Crippen LogP contribution is 2.55. The van der Waals surface area contributed by atoms with Crippen LogP contribution in [0.25, 0.3) is 0 Å². The third-order valence-electron chi connectivity index (χ3n) is 6.05. The summed E-state index contributed by atoms with van der Waals surface area (Å²) in [4.78, 5) is 18.6. The normalized spacial score (nSPS) is 9.74. The highest BCUT2D eigenvalue weighted by molar-refractivity contribution is 7.96. The van der Waals surface area contributed by atoms with E-state index >= 15 is 0 Å². The molecule has 0 fully saturated rings. The van der Waals surface area contributed by atoms with Crippen LogP contribution in [0.1, 0.15) is 53.5 Å². The standard InChI is InChI=1S/C21H21O3PS.C7H8O3S.C4H8O2.C3H7.C2H4O2.C2H6O.H2O/c22-23-24-26-18-10-17-25(19-11-4-1-5-12-19,20-13-6-2-7-14-20)21-15-8-3-9-16-21;1-6-2-4-7(5-3-6)11(8,9)10;1-3-6-4(2)5;1-3-2;1-2(3)4;1-2-3;/h1-9,11-16H,10,17-18H2;2-5H,1H3,(H,8,9,10);3H2,1-2H3;3H,1-2H3;1H3,(H,3,4);3H,2H2,1H3;1H2/q;;;+1;;;. The number of hydrogen-bond donors (Lipinski definition) is 3. The Balaban J connectivity index is -0.000000764. The van der Waals surface area contributed by atoms with Crippen molar-refractivity contribution in [3.63, 3.8) is 0 Å². The van der Waals surface area contributed by atoms with E-state index in [0.29, 0.717) is 6.61 Å². The summed E-state index contributed by atoms with van der Waals surface area (Å²) in [5.74, 6) is -0.299. The van der Waals surface area contributed by atoms with Crippen LogP contribution in [0.15, 0.2) is 120 Å². The Kier molecular flexibility index (Phi) is 34.1. The summed E-state index contributed by atoms with van der Waals surface area (Å²) in [5.41, 5.74) is 0.928. The van der Waals surface area contributed by atoms with Gasteiger partial charge in [-0.3, -0.25) is 9.59 Å². The van der Waals surface area contributed by atoms with E-state index in [1.807, 2.05) is 27.2 Å². The molecule has 5 N–H and O–H groups in total. The summed E-state index contributed by atoms with van der Waals surface area (Å²) < 4.78 is 40.1. The fourth-order valence-electron chi connectivity index (χ4n) is 4.21. The number of carbonyl (C=O) groups is 2. The first-order valence-corrected chi connectivity index (χ1v) is 20.9. The molecule has 0 atom stereocenters. The Bertz CT molecular complexity index is 1480. The molecule has 4 aromatic rings. The molecule has 300 valence electrons. The summed E-state index contributed by atoms with van der Waals surface area (Å²) in [6.45, 7) is 12.5. The van der Waals surface area contributed by atoms with Gasteiger partial charge in [0.2, 0.25) is 0 Å². The van der Waals surface area contributed by atoms with Crippen molar-refractivity contribution in [1.82, 2.24) is 0 Å². The van der Waals surface area contributed by atoms with Gasteiger partial charge in [-0.1, -0.05) is 77.3 Å². The molecule has 4 aromatic carbocycles. The molecular weight excluding hydrogens is 756 g/mol. The number of rotatable bonds is 11. The summed E-state index contributed by atoms with van der Waals surface area (Å²) in [7, 11) is -6.04. The Morgan fingerprint density at radius 2 is 1.15 bits per heavy atom. The van der Waals surface area contributed by atoms with Crippen molar-refractivity contribution < 1.29 is 57.6 Å². The SMILES string of the molecule is CC(=O)O.CCO.CCOC(C)=O.C[CH+]C.Cc1ccc(S(=O)(=O)[O-])cc1.O.OOOSCCC[P+](c1ccccc1)(c1ccccc1)c1ccccc1. The Labute approximate surface area is 326 Å². The molecule has 0 amide bonds. The first-order chi connectivity index (χ1) is 25.2. The molecule has 0 saturated carbocycles. The molecule has 54 heavy (non-hydrogen) atoms. The van der Waals surface area contributed by atoms with Gasteiger partial charge < -0.3 is 25.0 Å². The molecule has 0 spiro atoms. The van der Waals surface area contributed by atoms with E-state index < -0.39 is 23.3 Å². The zero-order chi connectivity index (χ0) is 40.5. The van der Waals surface area contributed by atoms with Crippen molar-refractivity contribution in [1.29, 1.82) is 0 Å². The van der Waals surface area contributed by atoms with Crippen LogP contribution < -0.4 is 15.9 Å². The highest BCUT2D eigenvalue weighted by atomic mass is 32.2. The van der Waals surface area contributed by atoms with Crippen LogP contribution in [0.5, 0.6) is 0 Å². The fourth-order valence-corrected chi connectivity index (χ4v) is 9.61. The number of aliphatic hydroxyl groups excluding tert-OH is 1. The van der Waals surface area contributed by atoms with Crippen LogP contribution in [0.2, 0.25) is 0 Å². The van der Waals surface area contributed by atoms with Gasteiger partial charge in [0, 0.05) is 38.2 Å². The topological polar surface area (TPSA) is 211 Å².